The number of carboxylic acid groups (broad SMARTS) is 1. The number of benzene rings is 6. The van der Waals surface area contributed by atoms with Crippen molar-refractivity contribution in [2.24, 2.45) is 22.7 Å². The molecule has 4 aromatic heterocycles. The van der Waals surface area contributed by atoms with E-state index in [1.807, 2.05) is 72.1 Å². The van der Waals surface area contributed by atoms with Crippen LogP contribution < -0.4 is 21.3 Å². The van der Waals surface area contributed by atoms with Gasteiger partial charge in [0.25, 0.3) is 0 Å². The van der Waals surface area contributed by atoms with Crippen molar-refractivity contribution >= 4 is 75.7 Å². The number of carbonyl (C=O) groups is 9. The number of rotatable bonds is 20. The second-order valence-corrected chi connectivity index (χ2v) is 36.0. The summed E-state index contributed by atoms with van der Waals surface area (Å²) in [4.78, 5) is 151. The molecule has 12 atom stereocenters. The summed E-state index contributed by atoms with van der Waals surface area (Å²) in [6, 6.07) is 39.4. The minimum absolute atomic E-state index is 0.105. The van der Waals surface area contributed by atoms with Crippen molar-refractivity contribution in [3.8, 4) is 67.3 Å². The number of nitrogens with zero attached hydrogens (tertiary/aromatic N) is 8. The minimum Gasteiger partial charge on any atom is -0.480 e. The van der Waals surface area contributed by atoms with E-state index in [2.05, 4.69) is 167 Å². The molecule has 4 saturated carbocycles. The number of carbonyl (C=O) groups excluding carboxylic acids is 8. The van der Waals surface area contributed by atoms with Crippen molar-refractivity contribution in [2.45, 2.75) is 204 Å². The van der Waals surface area contributed by atoms with Crippen molar-refractivity contribution in [1.82, 2.24) is 80.7 Å². The predicted molar refractivity (Wildman–Crippen MR) is 470 cm³/mol. The van der Waals surface area contributed by atoms with Gasteiger partial charge in [-0.1, -0.05) is 111 Å². The van der Waals surface area contributed by atoms with Crippen LogP contribution in [0.2, 0.25) is 0 Å². The summed E-state index contributed by atoms with van der Waals surface area (Å²) in [6.07, 6.45) is 17.5. The number of methoxy groups -OCH3 is 4. The van der Waals surface area contributed by atoms with E-state index in [4.69, 9.17) is 44.0 Å². The third-order valence-corrected chi connectivity index (χ3v) is 26.6. The lowest BCUT2D eigenvalue weighted by Crippen LogP contribution is -2.50. The molecule has 0 radical (unpaired) electrons. The van der Waals surface area contributed by atoms with Crippen LogP contribution in [0.4, 0.5) is 24.0 Å². The molecule has 4 aliphatic carbocycles. The molecule has 126 heavy (non-hydrogen) atoms. The van der Waals surface area contributed by atoms with Gasteiger partial charge in [-0.25, -0.2) is 48.7 Å². The van der Waals surface area contributed by atoms with E-state index in [1.54, 1.807) is 20.8 Å². The number of imidazole rings is 4. The number of hydrogen-bond acceptors (Lipinski definition) is 18. The first-order valence-corrected chi connectivity index (χ1v) is 43.6. The number of fused-ring (bicyclic) bond motifs is 6. The van der Waals surface area contributed by atoms with Crippen LogP contribution in [-0.4, -0.2) is 202 Å². The predicted octanol–water partition coefficient (Wildman–Crippen LogP) is 16.0. The highest BCUT2D eigenvalue weighted by atomic mass is 16.6. The number of likely N-dealkylation sites (tertiary alicyclic amines) is 4. The number of H-pyrrole nitrogens is 4. The molecule has 8 heterocycles. The normalized spacial score (nSPS) is 21.6. The molecule has 4 aliphatic heterocycles. The summed E-state index contributed by atoms with van der Waals surface area (Å²) in [5, 5.41) is 23.0. The molecule has 0 unspecified atom stereocenters. The molecule has 18 rings (SSSR count). The summed E-state index contributed by atoms with van der Waals surface area (Å²) < 4.78 is 24.2. The molecule has 8 fully saturated rings. The highest BCUT2D eigenvalue weighted by Crippen LogP contribution is 2.60. The number of amides is 8. The average Bonchev–Trinajstić information content (AvgIpc) is 1.59. The number of ether oxygens (including phenoxy) is 5. The van der Waals surface area contributed by atoms with Gasteiger partial charge in [0.15, 0.2) is 0 Å². The Kier molecular flexibility index (Phi) is 24.4. The second-order valence-electron chi connectivity index (χ2n) is 36.0. The molecule has 10 aromatic rings. The number of aliphatic carboxylic acids is 1. The maximum absolute atomic E-state index is 13.7. The van der Waals surface area contributed by atoms with Gasteiger partial charge < -0.3 is 84.7 Å². The Morgan fingerprint density at radius 3 is 1.15 bits per heavy atom. The molecule has 4 bridgehead atoms. The highest BCUT2D eigenvalue weighted by Gasteiger charge is 2.58. The van der Waals surface area contributed by atoms with Crippen molar-refractivity contribution in [2.75, 3.05) is 41.5 Å². The van der Waals surface area contributed by atoms with Gasteiger partial charge >= 0.3 is 36.4 Å². The van der Waals surface area contributed by atoms with Crippen molar-refractivity contribution in [3.63, 3.8) is 0 Å². The van der Waals surface area contributed by atoms with Gasteiger partial charge in [0.05, 0.1) is 100 Å². The summed E-state index contributed by atoms with van der Waals surface area (Å²) in [7, 11) is 5.07. The largest absolute Gasteiger partial charge is 0.480 e. The van der Waals surface area contributed by atoms with Crippen LogP contribution in [0.3, 0.4) is 0 Å². The molecule has 6 aromatic carbocycles. The van der Waals surface area contributed by atoms with Crippen LogP contribution in [0.15, 0.2) is 146 Å². The van der Waals surface area contributed by atoms with Crippen LogP contribution in [0.25, 0.3) is 88.8 Å². The first-order valence-electron chi connectivity index (χ1n) is 43.6. The van der Waals surface area contributed by atoms with Crippen LogP contribution >= 0.6 is 0 Å². The maximum Gasteiger partial charge on any atom is 0.410 e. The number of aromatic nitrogens is 8. The molecule has 8 amide bonds. The maximum atomic E-state index is 13.7. The van der Waals surface area contributed by atoms with Crippen LogP contribution in [0.5, 0.6) is 0 Å². The van der Waals surface area contributed by atoms with E-state index in [-0.39, 0.29) is 70.9 Å². The van der Waals surface area contributed by atoms with Gasteiger partial charge in [0.2, 0.25) is 17.7 Å². The Bertz CT molecular complexity index is 5760. The fourth-order valence-electron chi connectivity index (χ4n) is 19.5. The van der Waals surface area contributed by atoms with Gasteiger partial charge in [-0.05, 0) is 226 Å². The van der Waals surface area contributed by atoms with Gasteiger partial charge in [0, 0.05) is 36.3 Å². The second kappa shape index (κ2) is 35.5. The lowest BCUT2D eigenvalue weighted by molar-refractivity contribution is -0.139. The Morgan fingerprint density at radius 1 is 0.437 bits per heavy atom. The Labute approximate surface area is 730 Å². The Balaban J connectivity index is 0.000000166. The summed E-state index contributed by atoms with van der Waals surface area (Å²) in [6.45, 7) is 14.0. The standard InChI is InChI=1S/C45H50N8O6.C44H49N7O5.C6H11NO4/c1-5-34(51-44(57)59-4)42(55)52-24-45(16-17-45)21-37(52)39-46-23-36(49-39)31-13-12-29-18-28(10-11-30(29)19-31)26-6-8-27(9-7-26)35-22-47-40(50-35)38-32-14-15-33(20-32)53(38)41(54)25(2)48-43(56)58-3;1-25(47-41(53)55-5)40(52)51-33-15-14-32(20-33)37(51)39-46-22-34(49-39)27-8-6-26(7-9-27)28-10-11-30-19-31(13-12-29(30)18-28)35-23-45-38(48-35)36-21-44(16-17-44)24-50(36)42(54)56-43(2,3)4;1-3-4(5(8)9)7-6(10)11-2/h6-13,18-19,22-23,25,32-34,37-38H,5,14-17,20-21,24H2,1-4H3,(H,46,49)(H,47,50)(H,48,56)(H,51,57);6-13,18-19,22-23,25,32-33,36-37H,14-17,20-21,24H2,1-5H3,(H,45,48)(H,46,49)(H,47,53);4H,3H2,1-2H3,(H,7,10)(H,8,9)/t25-,32-,33+,34-,37-,38-;25-,32-,33+,36-,37-;4-/m000/s1. The molecule has 4 saturated heterocycles. The minimum atomic E-state index is -1.06. The fourth-order valence-corrected chi connectivity index (χ4v) is 19.5. The first-order chi connectivity index (χ1) is 60.5. The Morgan fingerprint density at radius 2 is 0.770 bits per heavy atom. The lowest BCUT2D eigenvalue weighted by Gasteiger charge is -2.36. The quantitative estimate of drug-likeness (QED) is 0.0320. The van der Waals surface area contributed by atoms with Gasteiger partial charge in [0.1, 0.15) is 53.1 Å². The third kappa shape index (κ3) is 18.1. The van der Waals surface area contributed by atoms with Crippen molar-refractivity contribution in [3.05, 3.63) is 169 Å². The average molecular weight is 1720 g/mol. The fraction of sp³-hybridized carbons (Fsp3) is 0.442. The molecule has 660 valence electrons. The number of piperidine rings is 2. The zero-order valence-electron chi connectivity index (χ0n) is 72.8. The first kappa shape index (κ1) is 86.4. The molecule has 8 aliphatic rings. The summed E-state index contributed by atoms with van der Waals surface area (Å²) in [5.41, 5.74) is 11.8. The van der Waals surface area contributed by atoms with Gasteiger partial charge in [-0.15, -0.1) is 0 Å². The number of carboxylic acids is 1. The van der Waals surface area contributed by atoms with Crippen LogP contribution in [0, 0.1) is 22.7 Å². The van der Waals surface area contributed by atoms with E-state index in [0.717, 1.165) is 196 Å². The van der Waals surface area contributed by atoms with Gasteiger partial charge in [-0.3, -0.25) is 19.3 Å². The molecule has 9 N–H and O–H groups in total. The molecular formula is C95H110N16O15. The molecular weight excluding hydrogens is 1610 g/mol. The number of hydrogen-bond donors (Lipinski definition) is 9. The van der Waals surface area contributed by atoms with Crippen LogP contribution in [0.1, 0.15) is 186 Å². The highest BCUT2D eigenvalue weighted by molar-refractivity contribution is 5.93. The van der Waals surface area contributed by atoms with E-state index in [9.17, 15) is 43.2 Å². The lowest BCUT2D eigenvalue weighted by atomic mass is 9.97. The zero-order chi connectivity index (χ0) is 88.8. The van der Waals surface area contributed by atoms with E-state index < -0.39 is 60.1 Å². The topological polar surface area (TPSA) is 396 Å². The van der Waals surface area contributed by atoms with Crippen molar-refractivity contribution < 1.29 is 71.9 Å². The Hall–Kier alpha value is -13.1. The SMILES string of the molecule is CC[C@H](NC(=O)OC)C(=O)N1CC2(CC2)C[C@H]1c1ncc(-c2ccc3cc(-c4ccc(-c5cnc([C@@H]6[C@H]7CC[C@H](C7)N6C(=O)[C@H](C)NC(=O)OC)[nH]5)cc4)ccc3c2)[nH]1.CC[C@H](NC(=O)OC)C(=O)O.COC(=O)N[C@@H](C)C(=O)N1[C@@H]2CC[C@@H](C2)[C@H]1c1ncc(-c2ccc(-c3ccc4cc(-c5cnc([C@@H]6CC7(CC7)CN6C(=O)OC(C)(C)C)[nH]5)ccc4c3)cc2)[nH]1. The number of alkyl carbamates (subject to hydrolysis) is 4. The van der Waals surface area contributed by atoms with E-state index >= 15 is 0 Å². The number of nitrogens with one attached hydrogen (secondary N) is 8. The van der Waals surface area contributed by atoms with Gasteiger partial charge in [-0.2, -0.15) is 0 Å². The summed E-state index contributed by atoms with van der Waals surface area (Å²) in [5.74, 6) is 2.38. The monoisotopic (exact) mass is 1710 g/mol. The van der Waals surface area contributed by atoms with Crippen LogP contribution in [-0.2, 0) is 42.9 Å². The van der Waals surface area contributed by atoms with Crippen molar-refractivity contribution in [1.29, 1.82) is 0 Å². The molecule has 2 spiro atoms. The summed E-state index contributed by atoms with van der Waals surface area (Å²) >= 11 is 0. The molecule has 31 heteroatoms. The smallest absolute Gasteiger partial charge is 0.410 e. The molecule has 31 nitrogen and oxygen atoms in total. The van der Waals surface area contributed by atoms with E-state index in [1.165, 1.54) is 28.4 Å². The third-order valence-electron chi connectivity index (χ3n) is 26.6. The zero-order valence-corrected chi connectivity index (χ0v) is 72.8. The number of aromatic amines is 4. The van der Waals surface area contributed by atoms with E-state index in [0.29, 0.717) is 31.2 Å².